The molecule has 0 saturated carbocycles. The second-order valence-corrected chi connectivity index (χ2v) is 3.76. The summed E-state index contributed by atoms with van der Waals surface area (Å²) in [6, 6.07) is 3.59. The van der Waals surface area contributed by atoms with Gasteiger partial charge in [-0.3, -0.25) is 4.68 Å². The standard InChI is InChI=1S/C10H11N7/c11-6-3-13-17(4-6)5-9-14-7-1-2-8(12)15-10(7)16-9/h1-4H,5,11H2,(H3,12,14,15,16). The Labute approximate surface area is 96.5 Å². The van der Waals surface area contributed by atoms with E-state index in [0.29, 0.717) is 23.7 Å². The fraction of sp³-hybridized carbons (Fsp3) is 0.100. The number of anilines is 2. The van der Waals surface area contributed by atoms with E-state index in [0.717, 1.165) is 11.3 Å². The molecule has 0 amide bonds. The van der Waals surface area contributed by atoms with Gasteiger partial charge in [0.15, 0.2) is 5.65 Å². The summed E-state index contributed by atoms with van der Waals surface area (Å²) in [5.41, 5.74) is 13.3. The molecule has 3 heterocycles. The Kier molecular flexibility index (Phi) is 1.97. The first-order valence-electron chi connectivity index (χ1n) is 5.10. The number of pyridine rings is 1. The number of H-pyrrole nitrogens is 1. The average molecular weight is 229 g/mol. The molecule has 7 heteroatoms. The minimum atomic E-state index is 0.457. The number of fused-ring (bicyclic) bond motifs is 1. The molecule has 0 atom stereocenters. The fourth-order valence-electron chi connectivity index (χ4n) is 1.65. The van der Waals surface area contributed by atoms with E-state index in [2.05, 4.69) is 20.1 Å². The molecular weight excluding hydrogens is 218 g/mol. The Bertz CT molecular complexity index is 666. The lowest BCUT2D eigenvalue weighted by molar-refractivity contribution is 0.663. The second-order valence-electron chi connectivity index (χ2n) is 3.76. The number of nitrogens with zero attached hydrogens (tertiary/aromatic N) is 4. The zero-order valence-corrected chi connectivity index (χ0v) is 8.96. The highest BCUT2D eigenvalue weighted by molar-refractivity contribution is 5.72. The molecule has 0 aliphatic heterocycles. The van der Waals surface area contributed by atoms with Crippen molar-refractivity contribution in [3.05, 3.63) is 30.4 Å². The highest BCUT2D eigenvalue weighted by Crippen LogP contribution is 2.11. The van der Waals surface area contributed by atoms with Crippen molar-refractivity contribution in [3.63, 3.8) is 0 Å². The summed E-state index contributed by atoms with van der Waals surface area (Å²) in [4.78, 5) is 11.6. The van der Waals surface area contributed by atoms with Crippen LogP contribution >= 0.6 is 0 Å². The van der Waals surface area contributed by atoms with Crippen LogP contribution in [0.5, 0.6) is 0 Å². The van der Waals surface area contributed by atoms with Crippen LogP contribution in [0.4, 0.5) is 11.5 Å². The first-order chi connectivity index (χ1) is 8.20. The highest BCUT2D eigenvalue weighted by atomic mass is 15.3. The topological polar surface area (TPSA) is 111 Å². The van der Waals surface area contributed by atoms with E-state index in [4.69, 9.17) is 11.5 Å². The van der Waals surface area contributed by atoms with Crippen molar-refractivity contribution in [2.75, 3.05) is 11.5 Å². The van der Waals surface area contributed by atoms with Crippen molar-refractivity contribution in [3.8, 4) is 0 Å². The number of rotatable bonds is 2. The summed E-state index contributed by atoms with van der Waals surface area (Å²) in [6.07, 6.45) is 3.34. The third kappa shape index (κ3) is 1.78. The third-order valence-corrected chi connectivity index (χ3v) is 2.38. The van der Waals surface area contributed by atoms with Gasteiger partial charge in [-0.2, -0.15) is 5.10 Å². The van der Waals surface area contributed by atoms with Gasteiger partial charge < -0.3 is 16.5 Å². The Morgan fingerprint density at radius 1 is 1.24 bits per heavy atom. The van der Waals surface area contributed by atoms with Gasteiger partial charge in [0, 0.05) is 6.20 Å². The van der Waals surface area contributed by atoms with Gasteiger partial charge in [0.1, 0.15) is 11.6 Å². The lowest BCUT2D eigenvalue weighted by atomic mass is 10.4. The normalized spacial score (nSPS) is 11.1. The highest BCUT2D eigenvalue weighted by Gasteiger charge is 2.05. The van der Waals surface area contributed by atoms with Gasteiger partial charge in [0.25, 0.3) is 0 Å². The number of hydrogen-bond donors (Lipinski definition) is 3. The summed E-state index contributed by atoms with van der Waals surface area (Å²) >= 11 is 0. The van der Waals surface area contributed by atoms with Gasteiger partial charge in [0.2, 0.25) is 0 Å². The quantitative estimate of drug-likeness (QED) is 0.587. The molecule has 0 fully saturated rings. The first-order valence-corrected chi connectivity index (χ1v) is 5.10. The van der Waals surface area contributed by atoms with Gasteiger partial charge in [-0.05, 0) is 12.1 Å². The molecule has 0 aromatic carbocycles. The van der Waals surface area contributed by atoms with Crippen LogP contribution in [0.25, 0.3) is 11.2 Å². The van der Waals surface area contributed by atoms with Crippen molar-refractivity contribution < 1.29 is 0 Å². The van der Waals surface area contributed by atoms with E-state index in [-0.39, 0.29) is 0 Å². The first kappa shape index (κ1) is 9.64. The molecular formula is C10H11N7. The maximum Gasteiger partial charge on any atom is 0.179 e. The van der Waals surface area contributed by atoms with E-state index in [9.17, 15) is 0 Å². The van der Waals surface area contributed by atoms with Gasteiger partial charge in [-0.15, -0.1) is 0 Å². The Hall–Kier alpha value is -2.57. The average Bonchev–Trinajstić information content (AvgIpc) is 2.84. The number of nitrogens with one attached hydrogen (secondary N) is 1. The van der Waals surface area contributed by atoms with Crippen LogP contribution in [-0.2, 0) is 6.54 Å². The SMILES string of the molecule is Nc1cnn(Cc2nc3nc(N)ccc3[nH]2)c1. The number of nitrogens with two attached hydrogens (primary N) is 2. The zero-order chi connectivity index (χ0) is 11.8. The molecule has 17 heavy (non-hydrogen) atoms. The zero-order valence-electron chi connectivity index (χ0n) is 8.96. The van der Waals surface area contributed by atoms with Crippen LogP contribution in [0.15, 0.2) is 24.5 Å². The van der Waals surface area contributed by atoms with Crippen LogP contribution < -0.4 is 11.5 Å². The van der Waals surface area contributed by atoms with E-state index in [1.54, 1.807) is 23.1 Å². The maximum absolute atomic E-state index is 5.59. The van der Waals surface area contributed by atoms with Crippen molar-refractivity contribution in [2.45, 2.75) is 6.54 Å². The van der Waals surface area contributed by atoms with Crippen LogP contribution in [0, 0.1) is 0 Å². The molecule has 7 nitrogen and oxygen atoms in total. The number of hydrogen-bond acceptors (Lipinski definition) is 5. The van der Waals surface area contributed by atoms with E-state index in [1.165, 1.54) is 0 Å². The van der Waals surface area contributed by atoms with Crippen LogP contribution in [0.3, 0.4) is 0 Å². The van der Waals surface area contributed by atoms with Crippen molar-refractivity contribution in [1.29, 1.82) is 0 Å². The largest absolute Gasteiger partial charge is 0.396 e. The lowest BCUT2D eigenvalue weighted by Crippen LogP contribution is -2.01. The Morgan fingerprint density at radius 3 is 2.88 bits per heavy atom. The molecule has 0 aliphatic carbocycles. The third-order valence-electron chi connectivity index (χ3n) is 2.38. The smallest absolute Gasteiger partial charge is 0.179 e. The monoisotopic (exact) mass is 229 g/mol. The van der Waals surface area contributed by atoms with E-state index >= 15 is 0 Å². The second kappa shape index (κ2) is 3.48. The predicted octanol–water partition coefficient (Wildman–Crippen LogP) is 0.367. The summed E-state index contributed by atoms with van der Waals surface area (Å²) in [5, 5.41) is 4.09. The molecule has 3 aromatic heterocycles. The molecule has 5 N–H and O–H groups in total. The maximum atomic E-state index is 5.59. The van der Waals surface area contributed by atoms with Crippen LogP contribution in [0.2, 0.25) is 0 Å². The number of nitrogen functional groups attached to an aromatic ring is 2. The number of aromatic amines is 1. The molecule has 0 aliphatic rings. The molecule has 0 unspecified atom stereocenters. The fourth-order valence-corrected chi connectivity index (χ4v) is 1.65. The minimum absolute atomic E-state index is 0.457. The Balaban J connectivity index is 1.95. The molecule has 0 spiro atoms. The van der Waals surface area contributed by atoms with E-state index in [1.807, 2.05) is 6.07 Å². The minimum Gasteiger partial charge on any atom is -0.396 e. The Morgan fingerprint density at radius 2 is 2.12 bits per heavy atom. The van der Waals surface area contributed by atoms with Gasteiger partial charge in [-0.25, -0.2) is 9.97 Å². The molecule has 3 aromatic rings. The summed E-state index contributed by atoms with van der Waals surface area (Å²) in [7, 11) is 0. The number of imidazole rings is 1. The van der Waals surface area contributed by atoms with Crippen molar-refractivity contribution >= 4 is 22.7 Å². The van der Waals surface area contributed by atoms with Gasteiger partial charge in [-0.1, -0.05) is 0 Å². The van der Waals surface area contributed by atoms with Crippen molar-refractivity contribution in [1.82, 2.24) is 24.7 Å². The van der Waals surface area contributed by atoms with Crippen molar-refractivity contribution in [2.24, 2.45) is 0 Å². The number of aromatic nitrogens is 5. The molecule has 0 radical (unpaired) electrons. The van der Waals surface area contributed by atoms with Gasteiger partial charge in [0.05, 0.1) is 23.9 Å². The molecule has 3 rings (SSSR count). The van der Waals surface area contributed by atoms with Crippen LogP contribution in [0.1, 0.15) is 5.82 Å². The summed E-state index contributed by atoms with van der Waals surface area (Å²) in [6.45, 7) is 0.521. The van der Waals surface area contributed by atoms with Crippen LogP contribution in [-0.4, -0.2) is 24.7 Å². The van der Waals surface area contributed by atoms with E-state index < -0.39 is 0 Å². The summed E-state index contributed by atoms with van der Waals surface area (Å²) < 4.78 is 1.70. The molecule has 0 bridgehead atoms. The predicted molar refractivity (Wildman–Crippen MR) is 64.0 cm³/mol. The molecule has 86 valence electrons. The summed E-state index contributed by atoms with van der Waals surface area (Å²) in [5.74, 6) is 1.22. The van der Waals surface area contributed by atoms with Gasteiger partial charge >= 0.3 is 0 Å². The molecule has 0 saturated heterocycles. The lowest BCUT2D eigenvalue weighted by Gasteiger charge is -1.95.